The maximum atomic E-state index is 13.5. The van der Waals surface area contributed by atoms with Crippen LogP contribution in [0.5, 0.6) is 11.8 Å². The molecule has 1 atom stereocenters. The fraction of sp³-hybridized carbons (Fsp3) is 0.273. The fourth-order valence-electron chi connectivity index (χ4n) is 3.50. The van der Waals surface area contributed by atoms with Crippen molar-refractivity contribution < 1.29 is 9.26 Å². The van der Waals surface area contributed by atoms with Crippen molar-refractivity contribution in [1.82, 2.24) is 23.7 Å². The molecule has 4 aromatic rings. The van der Waals surface area contributed by atoms with E-state index in [-0.39, 0.29) is 23.7 Å². The molecule has 3 aromatic heterocycles. The molecular weight excluding hydrogens is 592 g/mol. The maximum Gasteiger partial charge on any atom is 0.332 e. The van der Waals surface area contributed by atoms with Crippen LogP contribution < -0.4 is 16.0 Å². The number of aryl methyl sites for hydroxylation is 2. The van der Waals surface area contributed by atoms with Crippen LogP contribution in [0.1, 0.15) is 17.7 Å². The maximum absolute atomic E-state index is 13.5. The molecule has 34 heavy (non-hydrogen) atoms. The summed E-state index contributed by atoms with van der Waals surface area (Å²) in [6.07, 6.45) is 2.13. The second-order valence-corrected chi connectivity index (χ2v) is 9.79. The monoisotopic (exact) mass is 613 g/mol. The molecule has 0 saturated carbocycles. The average molecular weight is 614 g/mol. The Hall–Kier alpha value is -2.27. The molecule has 4 rings (SSSR count). The van der Waals surface area contributed by atoms with Crippen molar-refractivity contribution in [2.45, 2.75) is 26.4 Å². The molecule has 0 N–H and O–H groups in total. The van der Waals surface area contributed by atoms with Gasteiger partial charge in [0.1, 0.15) is 5.75 Å². The Morgan fingerprint density at radius 2 is 1.88 bits per heavy atom. The van der Waals surface area contributed by atoms with Crippen molar-refractivity contribution in [2.75, 3.05) is 6.61 Å². The third kappa shape index (κ3) is 5.35. The van der Waals surface area contributed by atoms with E-state index in [0.717, 1.165) is 11.3 Å². The summed E-state index contributed by atoms with van der Waals surface area (Å²) in [5, 5.41) is 0.612. The summed E-state index contributed by atoms with van der Waals surface area (Å²) in [5.41, 5.74) is 1.41. The van der Waals surface area contributed by atoms with E-state index in [0.29, 0.717) is 36.8 Å². The van der Waals surface area contributed by atoms with E-state index in [4.69, 9.17) is 20.9 Å². The van der Waals surface area contributed by atoms with Gasteiger partial charge in [0.15, 0.2) is 11.2 Å². The molecule has 0 spiro atoms. The smallest absolute Gasteiger partial charge is 0.332 e. The second-order valence-electron chi connectivity index (χ2n) is 7.59. The summed E-state index contributed by atoms with van der Waals surface area (Å²) in [7, 11) is 1.60. The second kappa shape index (κ2) is 11.0. The summed E-state index contributed by atoms with van der Waals surface area (Å²) < 4.78 is 15.7. The number of hydrogen-bond acceptors (Lipinski definition) is 6. The minimum atomic E-state index is -0.436. The number of nitrogens with zero attached hydrogens (tertiary/aromatic N) is 5. The molecule has 0 radical (unpaired) electrons. The Balaban J connectivity index is 1.85. The lowest BCUT2D eigenvalue weighted by molar-refractivity contribution is 0.344. The van der Waals surface area contributed by atoms with Crippen LogP contribution in [-0.2, 0) is 24.7 Å². The van der Waals surface area contributed by atoms with Crippen molar-refractivity contribution in [1.29, 1.82) is 0 Å². The SMILES string of the molecule is Cc1ccc(Oc2nc3c(c(=O)n(CCCOPI)c(=O)n3C)n2Cc2ccc(Cl)cc2)cn1. The van der Waals surface area contributed by atoms with Gasteiger partial charge in [-0.1, -0.05) is 23.7 Å². The first-order chi connectivity index (χ1) is 16.4. The van der Waals surface area contributed by atoms with Crippen LogP contribution >= 0.6 is 40.1 Å². The quantitative estimate of drug-likeness (QED) is 0.157. The Morgan fingerprint density at radius 3 is 2.56 bits per heavy atom. The van der Waals surface area contributed by atoms with Crippen LogP contribution in [-0.4, -0.2) is 30.3 Å². The van der Waals surface area contributed by atoms with Gasteiger partial charge in [-0.2, -0.15) is 4.98 Å². The van der Waals surface area contributed by atoms with E-state index in [2.05, 4.69) is 32.0 Å². The first kappa shape index (κ1) is 24.8. The summed E-state index contributed by atoms with van der Waals surface area (Å²) in [5.74, 6) is 0.473. The summed E-state index contributed by atoms with van der Waals surface area (Å²) in [6.45, 7) is 3.21. The van der Waals surface area contributed by atoms with Crippen molar-refractivity contribution in [3.05, 3.63) is 79.7 Å². The van der Waals surface area contributed by atoms with E-state index in [1.807, 2.05) is 25.1 Å². The number of aromatic nitrogens is 5. The van der Waals surface area contributed by atoms with Gasteiger partial charge < -0.3 is 9.26 Å². The normalized spacial score (nSPS) is 11.6. The molecule has 0 aliphatic heterocycles. The molecule has 12 heteroatoms. The van der Waals surface area contributed by atoms with Crippen LogP contribution in [0.3, 0.4) is 0 Å². The number of hydrogen-bond donors (Lipinski definition) is 0. The first-order valence-corrected chi connectivity index (χ1v) is 14.8. The van der Waals surface area contributed by atoms with Gasteiger partial charge in [-0.3, -0.25) is 23.5 Å². The standard InChI is InChI=1S/C22H22ClIN5O4P/c1-14-4-9-17(12-25-14)33-21-26-19-18(29(21)13-15-5-7-16(23)8-6-15)20(30)28(22(31)27(19)2)10-3-11-32-34-24/h4-9,12,34H,3,10-11,13H2,1-2H3. The Kier molecular flexibility index (Phi) is 8.02. The Bertz CT molecular complexity index is 1420. The molecule has 1 aromatic carbocycles. The molecule has 0 fully saturated rings. The van der Waals surface area contributed by atoms with Crippen LogP contribution in [0.25, 0.3) is 11.2 Å². The zero-order chi connectivity index (χ0) is 24.2. The molecule has 0 saturated heterocycles. The zero-order valence-electron chi connectivity index (χ0n) is 18.5. The average Bonchev–Trinajstić information content (AvgIpc) is 3.18. The van der Waals surface area contributed by atoms with Gasteiger partial charge in [-0.15, -0.1) is 0 Å². The lowest BCUT2D eigenvalue weighted by atomic mass is 10.2. The number of halogens is 2. The largest absolute Gasteiger partial charge is 0.424 e. The lowest BCUT2D eigenvalue weighted by Gasteiger charge is -2.11. The van der Waals surface area contributed by atoms with Gasteiger partial charge in [0, 0.05) is 24.3 Å². The number of pyridine rings is 1. The molecular formula is C22H22ClIN5O4P. The Labute approximate surface area is 215 Å². The minimum absolute atomic E-state index is 0.190. The highest BCUT2D eigenvalue weighted by atomic mass is 127. The number of benzene rings is 1. The highest BCUT2D eigenvalue weighted by molar-refractivity contribution is 14.2. The van der Waals surface area contributed by atoms with Crippen molar-refractivity contribution in [3.8, 4) is 11.8 Å². The molecule has 9 nitrogen and oxygen atoms in total. The predicted octanol–water partition coefficient (Wildman–Crippen LogP) is 4.44. The van der Waals surface area contributed by atoms with Gasteiger partial charge >= 0.3 is 11.7 Å². The molecule has 0 aliphatic rings. The van der Waals surface area contributed by atoms with E-state index in [1.54, 1.807) is 36.0 Å². The van der Waals surface area contributed by atoms with Crippen molar-refractivity contribution in [3.63, 3.8) is 0 Å². The lowest BCUT2D eigenvalue weighted by Crippen LogP contribution is -2.40. The third-order valence-corrected chi connectivity index (χ3v) is 6.73. The highest BCUT2D eigenvalue weighted by Gasteiger charge is 2.22. The molecule has 0 bridgehead atoms. The van der Waals surface area contributed by atoms with Crippen LogP contribution in [0, 0.1) is 6.92 Å². The Morgan fingerprint density at radius 1 is 1.12 bits per heavy atom. The zero-order valence-corrected chi connectivity index (χ0v) is 22.4. The van der Waals surface area contributed by atoms with E-state index < -0.39 is 11.2 Å². The molecule has 3 heterocycles. The fourth-order valence-corrected chi connectivity index (χ4v) is 4.51. The summed E-state index contributed by atoms with van der Waals surface area (Å²) >= 11 is 8.18. The molecule has 1 unspecified atom stereocenters. The van der Waals surface area contributed by atoms with Crippen LogP contribution in [0.2, 0.25) is 5.02 Å². The summed E-state index contributed by atoms with van der Waals surface area (Å²) in [4.78, 5) is 35.2. The van der Waals surface area contributed by atoms with E-state index >= 15 is 0 Å². The topological polar surface area (TPSA) is 93.2 Å². The van der Waals surface area contributed by atoms with Crippen molar-refractivity contribution >= 4 is 51.3 Å². The predicted molar refractivity (Wildman–Crippen MR) is 142 cm³/mol. The van der Waals surface area contributed by atoms with Crippen LogP contribution in [0.4, 0.5) is 0 Å². The third-order valence-electron chi connectivity index (χ3n) is 5.23. The van der Waals surface area contributed by atoms with Gasteiger partial charge in [-0.05, 0) is 65.2 Å². The van der Waals surface area contributed by atoms with Gasteiger partial charge in [0.2, 0.25) is 0 Å². The van der Waals surface area contributed by atoms with E-state index in [9.17, 15) is 9.59 Å². The number of ether oxygens (including phenoxy) is 1. The van der Waals surface area contributed by atoms with E-state index in [1.165, 1.54) is 9.13 Å². The van der Waals surface area contributed by atoms with Gasteiger partial charge in [0.05, 0.1) is 25.8 Å². The first-order valence-electron chi connectivity index (χ1n) is 10.4. The van der Waals surface area contributed by atoms with Crippen molar-refractivity contribution in [2.24, 2.45) is 7.05 Å². The summed E-state index contributed by atoms with van der Waals surface area (Å²) in [6, 6.07) is 11.1. The highest BCUT2D eigenvalue weighted by Crippen LogP contribution is 2.25. The molecule has 0 aliphatic carbocycles. The molecule has 178 valence electrons. The number of imidazole rings is 1. The van der Waals surface area contributed by atoms with Gasteiger partial charge in [-0.25, -0.2) is 4.79 Å². The number of rotatable bonds is 9. The minimum Gasteiger partial charge on any atom is -0.424 e. The number of fused-ring (bicyclic) bond motifs is 1. The van der Waals surface area contributed by atoms with Gasteiger partial charge in [0.25, 0.3) is 5.56 Å². The molecule has 0 amide bonds. The van der Waals surface area contributed by atoms with Crippen LogP contribution in [0.15, 0.2) is 52.2 Å².